The predicted molar refractivity (Wildman–Crippen MR) is 73.3 cm³/mol. The maximum Gasteiger partial charge on any atom is 0.404 e. The first-order valence-electron chi connectivity index (χ1n) is 6.01. The number of aryl methyl sites for hydroxylation is 1. The standard InChI is InChI=1S/C14H21NO4/c1-9-6-12(19-5)10(7-11(9)18-4)14(2,3)8-15-13(16)17/h6-7,15H,8H2,1-5H3,(H,16,17). The lowest BCUT2D eigenvalue weighted by molar-refractivity contribution is 0.191. The van der Waals surface area contributed by atoms with Gasteiger partial charge in [-0.1, -0.05) is 13.8 Å². The highest BCUT2D eigenvalue weighted by Crippen LogP contribution is 2.36. The van der Waals surface area contributed by atoms with Crippen molar-refractivity contribution in [2.75, 3.05) is 20.8 Å². The Balaban J connectivity index is 3.19. The van der Waals surface area contributed by atoms with Gasteiger partial charge in [0.25, 0.3) is 0 Å². The molecule has 0 aliphatic heterocycles. The Morgan fingerprint density at radius 2 is 1.84 bits per heavy atom. The molecule has 0 atom stereocenters. The molecule has 0 unspecified atom stereocenters. The summed E-state index contributed by atoms with van der Waals surface area (Å²) in [4.78, 5) is 10.6. The summed E-state index contributed by atoms with van der Waals surface area (Å²) in [5.41, 5.74) is 1.49. The minimum absolute atomic E-state index is 0.297. The fraction of sp³-hybridized carbons (Fsp3) is 0.500. The van der Waals surface area contributed by atoms with Crippen molar-refractivity contribution in [1.82, 2.24) is 5.32 Å². The molecule has 1 rings (SSSR count). The van der Waals surface area contributed by atoms with Crippen molar-refractivity contribution in [2.45, 2.75) is 26.2 Å². The zero-order valence-electron chi connectivity index (χ0n) is 12.0. The van der Waals surface area contributed by atoms with Gasteiger partial charge in [0.2, 0.25) is 0 Å². The Morgan fingerprint density at radius 1 is 1.26 bits per heavy atom. The largest absolute Gasteiger partial charge is 0.496 e. The lowest BCUT2D eigenvalue weighted by Gasteiger charge is -2.27. The molecule has 0 fully saturated rings. The summed E-state index contributed by atoms with van der Waals surface area (Å²) in [6, 6.07) is 3.80. The fourth-order valence-corrected chi connectivity index (χ4v) is 1.97. The minimum Gasteiger partial charge on any atom is -0.496 e. The number of carboxylic acid groups (broad SMARTS) is 1. The van der Waals surface area contributed by atoms with Crippen molar-refractivity contribution < 1.29 is 19.4 Å². The Hall–Kier alpha value is -1.91. The highest BCUT2D eigenvalue weighted by atomic mass is 16.5. The SMILES string of the molecule is COc1cc(C(C)(C)CNC(=O)O)c(OC)cc1C. The van der Waals surface area contributed by atoms with Crippen LogP contribution in [-0.4, -0.2) is 32.0 Å². The first-order valence-corrected chi connectivity index (χ1v) is 6.01. The quantitative estimate of drug-likeness (QED) is 0.860. The molecule has 5 heteroatoms. The molecule has 1 aromatic carbocycles. The lowest BCUT2D eigenvalue weighted by Crippen LogP contribution is -2.36. The molecule has 0 aliphatic carbocycles. The van der Waals surface area contributed by atoms with Gasteiger partial charge in [-0.2, -0.15) is 0 Å². The van der Waals surface area contributed by atoms with Gasteiger partial charge in [0.05, 0.1) is 14.2 Å². The van der Waals surface area contributed by atoms with Crippen LogP contribution in [0.25, 0.3) is 0 Å². The van der Waals surface area contributed by atoms with Crippen LogP contribution in [0.4, 0.5) is 4.79 Å². The summed E-state index contributed by atoms with van der Waals surface area (Å²) < 4.78 is 10.7. The summed E-state index contributed by atoms with van der Waals surface area (Å²) in [5, 5.41) is 11.1. The number of nitrogens with one attached hydrogen (secondary N) is 1. The molecule has 0 spiro atoms. The fourth-order valence-electron chi connectivity index (χ4n) is 1.97. The molecule has 0 bridgehead atoms. The van der Waals surface area contributed by atoms with Gasteiger partial charge < -0.3 is 19.9 Å². The average molecular weight is 267 g/mol. The zero-order valence-corrected chi connectivity index (χ0v) is 12.0. The van der Waals surface area contributed by atoms with Crippen LogP contribution in [0.2, 0.25) is 0 Å². The Bertz CT molecular complexity index is 469. The Morgan fingerprint density at radius 3 is 2.32 bits per heavy atom. The lowest BCUT2D eigenvalue weighted by atomic mass is 9.83. The Kier molecular flexibility index (Phi) is 4.64. The van der Waals surface area contributed by atoms with Gasteiger partial charge in [-0.15, -0.1) is 0 Å². The number of amides is 1. The van der Waals surface area contributed by atoms with E-state index in [0.717, 1.165) is 22.6 Å². The number of benzene rings is 1. The molecule has 0 radical (unpaired) electrons. The average Bonchev–Trinajstić information content (AvgIpc) is 2.35. The molecule has 2 N–H and O–H groups in total. The number of methoxy groups -OCH3 is 2. The van der Waals surface area contributed by atoms with Crippen molar-refractivity contribution in [3.63, 3.8) is 0 Å². The van der Waals surface area contributed by atoms with E-state index in [9.17, 15) is 4.79 Å². The minimum atomic E-state index is -1.04. The summed E-state index contributed by atoms with van der Waals surface area (Å²) in [6.07, 6.45) is -1.04. The Labute approximate surface area is 113 Å². The highest BCUT2D eigenvalue weighted by molar-refractivity contribution is 5.64. The van der Waals surface area contributed by atoms with E-state index < -0.39 is 11.5 Å². The van der Waals surface area contributed by atoms with Crippen molar-refractivity contribution in [3.05, 3.63) is 23.3 Å². The molecule has 0 saturated heterocycles. The molecule has 5 nitrogen and oxygen atoms in total. The van der Waals surface area contributed by atoms with E-state index >= 15 is 0 Å². The van der Waals surface area contributed by atoms with Crippen LogP contribution in [0.1, 0.15) is 25.0 Å². The van der Waals surface area contributed by atoms with Crippen LogP contribution in [0.5, 0.6) is 11.5 Å². The van der Waals surface area contributed by atoms with Crippen molar-refractivity contribution in [1.29, 1.82) is 0 Å². The topological polar surface area (TPSA) is 67.8 Å². The first-order chi connectivity index (χ1) is 8.81. The molecule has 0 aliphatic rings. The molecule has 1 aromatic rings. The number of rotatable bonds is 5. The molecular weight excluding hydrogens is 246 g/mol. The molecule has 1 amide bonds. The monoisotopic (exact) mass is 267 g/mol. The maximum absolute atomic E-state index is 10.6. The molecule has 0 heterocycles. The van der Waals surface area contributed by atoms with E-state index in [-0.39, 0.29) is 0 Å². The van der Waals surface area contributed by atoms with Crippen LogP contribution in [0.15, 0.2) is 12.1 Å². The zero-order chi connectivity index (χ0) is 14.6. The van der Waals surface area contributed by atoms with E-state index in [1.165, 1.54) is 0 Å². The molecule has 19 heavy (non-hydrogen) atoms. The normalized spacial score (nSPS) is 11.0. The highest BCUT2D eigenvalue weighted by Gasteiger charge is 2.26. The van der Waals surface area contributed by atoms with Gasteiger partial charge in [0, 0.05) is 17.5 Å². The van der Waals surface area contributed by atoms with Crippen LogP contribution >= 0.6 is 0 Å². The summed E-state index contributed by atoms with van der Waals surface area (Å²) >= 11 is 0. The van der Waals surface area contributed by atoms with Crippen LogP contribution in [0, 0.1) is 6.92 Å². The second-order valence-electron chi connectivity index (χ2n) is 5.06. The van der Waals surface area contributed by atoms with E-state index in [0.29, 0.717) is 6.54 Å². The van der Waals surface area contributed by atoms with Crippen LogP contribution in [-0.2, 0) is 5.41 Å². The van der Waals surface area contributed by atoms with E-state index in [1.54, 1.807) is 14.2 Å². The maximum atomic E-state index is 10.6. The smallest absolute Gasteiger partial charge is 0.404 e. The van der Waals surface area contributed by atoms with Gasteiger partial charge in [-0.05, 0) is 24.6 Å². The molecule has 106 valence electrons. The molecular formula is C14H21NO4. The third kappa shape index (κ3) is 3.53. The number of hydrogen-bond donors (Lipinski definition) is 2. The first kappa shape index (κ1) is 15.1. The van der Waals surface area contributed by atoms with Crippen molar-refractivity contribution in [2.24, 2.45) is 0 Å². The van der Waals surface area contributed by atoms with Crippen LogP contribution in [0.3, 0.4) is 0 Å². The van der Waals surface area contributed by atoms with Crippen molar-refractivity contribution in [3.8, 4) is 11.5 Å². The van der Waals surface area contributed by atoms with E-state index in [2.05, 4.69) is 5.32 Å². The third-order valence-corrected chi connectivity index (χ3v) is 3.13. The molecule has 0 saturated carbocycles. The van der Waals surface area contributed by atoms with E-state index in [1.807, 2.05) is 32.9 Å². The van der Waals surface area contributed by atoms with Crippen LogP contribution < -0.4 is 14.8 Å². The second kappa shape index (κ2) is 5.82. The van der Waals surface area contributed by atoms with Gasteiger partial charge in [0.15, 0.2) is 0 Å². The number of hydrogen-bond acceptors (Lipinski definition) is 3. The number of carbonyl (C=O) groups is 1. The summed E-state index contributed by atoms with van der Waals surface area (Å²) in [7, 11) is 3.21. The second-order valence-corrected chi connectivity index (χ2v) is 5.06. The molecule has 0 aromatic heterocycles. The summed E-state index contributed by atoms with van der Waals surface area (Å²) in [5.74, 6) is 1.50. The predicted octanol–water partition coefficient (Wildman–Crippen LogP) is 2.56. The van der Waals surface area contributed by atoms with Gasteiger partial charge in [-0.3, -0.25) is 0 Å². The summed E-state index contributed by atoms with van der Waals surface area (Å²) in [6.45, 7) is 6.14. The number of ether oxygens (including phenoxy) is 2. The van der Waals surface area contributed by atoms with Crippen molar-refractivity contribution >= 4 is 6.09 Å². The third-order valence-electron chi connectivity index (χ3n) is 3.13. The van der Waals surface area contributed by atoms with Gasteiger partial charge in [-0.25, -0.2) is 4.79 Å². The van der Waals surface area contributed by atoms with Gasteiger partial charge in [0.1, 0.15) is 11.5 Å². The van der Waals surface area contributed by atoms with E-state index in [4.69, 9.17) is 14.6 Å². The van der Waals surface area contributed by atoms with Gasteiger partial charge >= 0.3 is 6.09 Å².